The third kappa shape index (κ3) is 4.99. The van der Waals surface area contributed by atoms with E-state index in [2.05, 4.69) is 72.0 Å². The lowest BCUT2D eigenvalue weighted by molar-refractivity contribution is 0.268. The van der Waals surface area contributed by atoms with E-state index in [1.807, 2.05) is 0 Å². The molecule has 0 spiro atoms. The Hall–Kier alpha value is -0.820. The maximum atomic E-state index is 3.72. The zero-order valence-electron chi connectivity index (χ0n) is 13.7. The van der Waals surface area contributed by atoms with Crippen LogP contribution < -0.4 is 5.32 Å². The van der Waals surface area contributed by atoms with E-state index in [9.17, 15) is 0 Å². The van der Waals surface area contributed by atoms with Gasteiger partial charge in [-0.25, -0.2) is 0 Å². The van der Waals surface area contributed by atoms with Crippen molar-refractivity contribution in [3.8, 4) is 0 Å². The topological polar surface area (TPSA) is 12.0 Å². The van der Waals surface area contributed by atoms with Gasteiger partial charge in [-0.2, -0.15) is 0 Å². The SMILES string of the molecule is Cc1cc(C)cc(C(C)NCC(C(C)C)C(C)C)c1. The molecule has 0 aromatic heterocycles. The lowest BCUT2D eigenvalue weighted by Gasteiger charge is -2.27. The van der Waals surface area contributed by atoms with Crippen molar-refractivity contribution in [2.75, 3.05) is 6.54 Å². The fourth-order valence-electron chi connectivity index (χ4n) is 2.93. The Bertz CT molecular complexity index is 364. The van der Waals surface area contributed by atoms with Gasteiger partial charge < -0.3 is 5.32 Å². The van der Waals surface area contributed by atoms with E-state index in [-0.39, 0.29) is 0 Å². The quantitative estimate of drug-likeness (QED) is 0.769. The van der Waals surface area contributed by atoms with Crippen LogP contribution in [0.3, 0.4) is 0 Å². The first-order chi connectivity index (χ1) is 8.81. The van der Waals surface area contributed by atoms with Gasteiger partial charge in [0.2, 0.25) is 0 Å². The highest BCUT2D eigenvalue weighted by atomic mass is 14.9. The maximum absolute atomic E-state index is 3.72. The second kappa shape index (κ2) is 7.09. The van der Waals surface area contributed by atoms with Crippen LogP contribution in [0.2, 0.25) is 0 Å². The summed E-state index contributed by atoms with van der Waals surface area (Å²) >= 11 is 0. The van der Waals surface area contributed by atoms with Crippen LogP contribution in [0.15, 0.2) is 18.2 Å². The van der Waals surface area contributed by atoms with Crippen molar-refractivity contribution in [3.05, 3.63) is 34.9 Å². The molecule has 108 valence electrons. The number of hydrogen-bond donors (Lipinski definition) is 1. The molecular weight excluding hydrogens is 230 g/mol. The normalized spacial score (nSPS) is 13.6. The van der Waals surface area contributed by atoms with E-state index in [1.165, 1.54) is 16.7 Å². The molecule has 0 radical (unpaired) electrons. The summed E-state index contributed by atoms with van der Waals surface area (Å²) in [5.41, 5.74) is 4.12. The highest BCUT2D eigenvalue weighted by Gasteiger charge is 2.18. The van der Waals surface area contributed by atoms with E-state index in [4.69, 9.17) is 0 Å². The summed E-state index contributed by atoms with van der Waals surface area (Å²) in [4.78, 5) is 0. The molecule has 0 aliphatic heterocycles. The van der Waals surface area contributed by atoms with Crippen LogP contribution in [0.1, 0.15) is 57.4 Å². The van der Waals surface area contributed by atoms with Gasteiger partial charge in [-0.1, -0.05) is 57.0 Å². The first-order valence-corrected chi connectivity index (χ1v) is 7.62. The summed E-state index contributed by atoms with van der Waals surface area (Å²) < 4.78 is 0. The van der Waals surface area contributed by atoms with Crippen LogP contribution in [0.4, 0.5) is 0 Å². The van der Waals surface area contributed by atoms with Crippen LogP contribution >= 0.6 is 0 Å². The Kier molecular flexibility index (Phi) is 6.06. The zero-order valence-corrected chi connectivity index (χ0v) is 13.7. The number of aryl methyl sites for hydroxylation is 2. The molecule has 0 amide bonds. The molecule has 1 unspecified atom stereocenters. The van der Waals surface area contributed by atoms with Gasteiger partial charge in [0, 0.05) is 6.04 Å². The van der Waals surface area contributed by atoms with Gasteiger partial charge in [0.15, 0.2) is 0 Å². The number of nitrogens with one attached hydrogen (secondary N) is 1. The van der Waals surface area contributed by atoms with Gasteiger partial charge in [-0.15, -0.1) is 0 Å². The monoisotopic (exact) mass is 261 g/mol. The number of benzene rings is 1. The number of rotatable bonds is 6. The highest BCUT2D eigenvalue weighted by molar-refractivity contribution is 5.30. The summed E-state index contributed by atoms with van der Waals surface area (Å²) in [6.45, 7) is 17.0. The smallest absolute Gasteiger partial charge is 0.0292 e. The fraction of sp³-hybridized carbons (Fsp3) is 0.667. The molecule has 1 heteroatoms. The van der Waals surface area contributed by atoms with Crippen LogP contribution in [0.5, 0.6) is 0 Å². The largest absolute Gasteiger partial charge is 0.310 e. The molecule has 1 aromatic carbocycles. The highest BCUT2D eigenvalue weighted by Crippen LogP contribution is 2.22. The van der Waals surface area contributed by atoms with Crippen molar-refractivity contribution >= 4 is 0 Å². The molecule has 0 saturated heterocycles. The van der Waals surface area contributed by atoms with Crippen molar-refractivity contribution in [1.29, 1.82) is 0 Å². The fourth-order valence-corrected chi connectivity index (χ4v) is 2.93. The molecule has 0 heterocycles. The van der Waals surface area contributed by atoms with E-state index < -0.39 is 0 Å². The minimum Gasteiger partial charge on any atom is -0.310 e. The molecule has 0 aliphatic carbocycles. The Morgan fingerprint density at radius 1 is 0.842 bits per heavy atom. The van der Waals surface area contributed by atoms with Crippen molar-refractivity contribution in [3.63, 3.8) is 0 Å². The van der Waals surface area contributed by atoms with Gasteiger partial charge in [0.25, 0.3) is 0 Å². The van der Waals surface area contributed by atoms with Crippen LogP contribution in [0.25, 0.3) is 0 Å². The van der Waals surface area contributed by atoms with Crippen LogP contribution in [0, 0.1) is 31.6 Å². The minimum absolute atomic E-state index is 0.429. The number of hydrogen-bond acceptors (Lipinski definition) is 1. The van der Waals surface area contributed by atoms with E-state index in [0.717, 1.165) is 24.3 Å². The molecule has 1 rings (SSSR count). The third-order valence-corrected chi connectivity index (χ3v) is 4.12. The molecule has 1 N–H and O–H groups in total. The van der Waals surface area contributed by atoms with Crippen molar-refractivity contribution in [2.24, 2.45) is 17.8 Å². The second-order valence-electron chi connectivity index (χ2n) is 6.70. The predicted octanol–water partition coefficient (Wildman–Crippen LogP) is 4.88. The standard InChI is InChI=1S/C18H31N/c1-12(2)18(13(3)4)11-19-16(7)17-9-14(5)8-15(6)10-17/h8-10,12-13,16,18-19H,11H2,1-7H3. The predicted molar refractivity (Wildman–Crippen MR) is 85.5 cm³/mol. The minimum atomic E-state index is 0.429. The lowest BCUT2D eigenvalue weighted by Crippen LogP contribution is -2.31. The first kappa shape index (κ1) is 16.2. The summed E-state index contributed by atoms with van der Waals surface area (Å²) in [6, 6.07) is 7.26. The van der Waals surface area contributed by atoms with Crippen molar-refractivity contribution in [2.45, 2.75) is 54.5 Å². The maximum Gasteiger partial charge on any atom is 0.0292 e. The first-order valence-electron chi connectivity index (χ1n) is 7.62. The molecule has 1 atom stereocenters. The Labute approximate surface area is 119 Å². The summed E-state index contributed by atoms with van der Waals surface area (Å²) in [5.74, 6) is 2.21. The zero-order chi connectivity index (χ0) is 14.6. The molecule has 1 aromatic rings. The summed E-state index contributed by atoms with van der Waals surface area (Å²) in [6.07, 6.45) is 0. The average Bonchev–Trinajstić information content (AvgIpc) is 2.26. The van der Waals surface area contributed by atoms with Crippen LogP contribution in [-0.4, -0.2) is 6.54 Å². The van der Waals surface area contributed by atoms with Crippen molar-refractivity contribution in [1.82, 2.24) is 5.32 Å². The summed E-state index contributed by atoms with van der Waals surface area (Å²) in [5, 5.41) is 3.72. The molecular formula is C18H31N. The Balaban J connectivity index is 2.66. The second-order valence-corrected chi connectivity index (χ2v) is 6.70. The molecule has 0 bridgehead atoms. The average molecular weight is 261 g/mol. The van der Waals surface area contributed by atoms with Gasteiger partial charge in [-0.05, 0) is 50.6 Å². The van der Waals surface area contributed by atoms with Crippen LogP contribution in [-0.2, 0) is 0 Å². The van der Waals surface area contributed by atoms with E-state index in [0.29, 0.717) is 6.04 Å². The van der Waals surface area contributed by atoms with E-state index >= 15 is 0 Å². The molecule has 0 fully saturated rings. The van der Waals surface area contributed by atoms with Gasteiger partial charge in [0.05, 0.1) is 0 Å². The summed E-state index contributed by atoms with van der Waals surface area (Å²) in [7, 11) is 0. The third-order valence-electron chi connectivity index (χ3n) is 4.12. The van der Waals surface area contributed by atoms with E-state index in [1.54, 1.807) is 0 Å². The molecule has 19 heavy (non-hydrogen) atoms. The Morgan fingerprint density at radius 2 is 1.32 bits per heavy atom. The molecule has 0 aliphatic rings. The molecule has 1 nitrogen and oxygen atoms in total. The van der Waals surface area contributed by atoms with Gasteiger partial charge in [-0.3, -0.25) is 0 Å². The van der Waals surface area contributed by atoms with Gasteiger partial charge in [0.1, 0.15) is 0 Å². The van der Waals surface area contributed by atoms with Gasteiger partial charge >= 0.3 is 0 Å². The lowest BCUT2D eigenvalue weighted by atomic mass is 9.85. The van der Waals surface area contributed by atoms with Crippen molar-refractivity contribution < 1.29 is 0 Å². The Morgan fingerprint density at radius 3 is 1.74 bits per heavy atom. The molecule has 0 saturated carbocycles.